The van der Waals surface area contributed by atoms with E-state index in [-0.39, 0.29) is 0 Å². The lowest BCUT2D eigenvalue weighted by Crippen LogP contribution is -2.94. The molecule has 2 rings (SSSR count). The summed E-state index contributed by atoms with van der Waals surface area (Å²) in [4.78, 5) is 2.50. The lowest BCUT2D eigenvalue weighted by Gasteiger charge is -2.61. The molecule has 19 heavy (non-hydrogen) atoms. The Morgan fingerprint density at radius 3 is 1.21 bits per heavy atom. The van der Waals surface area contributed by atoms with Crippen LogP contribution in [-0.2, 0) is 4.84 Å². The second kappa shape index (κ2) is 2.92. The summed E-state index contributed by atoms with van der Waals surface area (Å²) < 4.78 is 138. The zero-order valence-corrected chi connectivity index (χ0v) is 8.01. The number of rotatable bonds is 1. The standard InChI is InChI=1S/C6F11NO/c7-1(8)2(9,10)4(13,3(1,11)12)18-5(14,15)6(16,17)19-18. The number of halogens is 11. The van der Waals surface area contributed by atoms with E-state index in [1.54, 1.807) is 0 Å². The molecule has 0 unspecified atom stereocenters. The second-order valence-corrected chi connectivity index (χ2v) is 3.79. The van der Waals surface area contributed by atoms with Gasteiger partial charge in [0.1, 0.15) is 0 Å². The van der Waals surface area contributed by atoms with Crippen LogP contribution in [-0.4, -0.2) is 40.8 Å². The van der Waals surface area contributed by atoms with Crippen LogP contribution in [0.15, 0.2) is 0 Å². The summed E-state index contributed by atoms with van der Waals surface area (Å²) in [7, 11) is 0. The molecule has 2 fully saturated rings. The minimum absolute atomic E-state index is 2.43. The van der Waals surface area contributed by atoms with E-state index in [4.69, 9.17) is 0 Å². The molecule has 0 radical (unpaired) electrons. The van der Waals surface area contributed by atoms with Gasteiger partial charge in [0.2, 0.25) is 0 Å². The van der Waals surface area contributed by atoms with Crippen molar-refractivity contribution in [2.75, 3.05) is 0 Å². The first-order chi connectivity index (χ1) is 8.09. The van der Waals surface area contributed by atoms with Crippen molar-refractivity contribution in [2.45, 2.75) is 35.7 Å². The summed E-state index contributed by atoms with van der Waals surface area (Å²) in [6.45, 7) is 0. The van der Waals surface area contributed by atoms with Crippen molar-refractivity contribution in [3.63, 3.8) is 0 Å². The van der Waals surface area contributed by atoms with Crippen LogP contribution in [0.3, 0.4) is 0 Å². The highest BCUT2D eigenvalue weighted by atomic mass is 19.4. The molecule has 1 saturated heterocycles. The summed E-state index contributed by atoms with van der Waals surface area (Å²) in [5, 5.41) is -2.43. The third-order valence-electron chi connectivity index (χ3n) is 2.71. The van der Waals surface area contributed by atoms with Crippen LogP contribution >= 0.6 is 0 Å². The zero-order chi connectivity index (χ0) is 15.3. The highest BCUT2D eigenvalue weighted by Gasteiger charge is 3.06. The Bertz CT molecular complexity index is 413. The van der Waals surface area contributed by atoms with Crippen molar-refractivity contribution in [3.8, 4) is 0 Å². The molecule has 0 bridgehead atoms. The maximum atomic E-state index is 13.2. The zero-order valence-electron chi connectivity index (χ0n) is 8.01. The molecule has 0 spiro atoms. The Morgan fingerprint density at radius 1 is 0.579 bits per heavy atom. The lowest BCUT2D eigenvalue weighted by molar-refractivity contribution is -0.671. The van der Waals surface area contributed by atoms with Gasteiger partial charge in [-0.2, -0.15) is 43.9 Å². The van der Waals surface area contributed by atoms with Gasteiger partial charge in [-0.05, 0) is 0 Å². The van der Waals surface area contributed by atoms with Crippen molar-refractivity contribution < 1.29 is 53.1 Å². The van der Waals surface area contributed by atoms with Gasteiger partial charge in [-0.3, -0.25) is 0 Å². The monoisotopic (exact) mass is 311 g/mol. The van der Waals surface area contributed by atoms with Crippen LogP contribution in [0.2, 0.25) is 0 Å². The highest BCUT2D eigenvalue weighted by Crippen LogP contribution is 2.73. The van der Waals surface area contributed by atoms with Crippen LogP contribution in [0.1, 0.15) is 0 Å². The van der Waals surface area contributed by atoms with E-state index in [0.29, 0.717) is 0 Å². The summed E-state index contributed by atoms with van der Waals surface area (Å²) in [6, 6.07) is -5.94. The number of nitrogens with zero attached hydrogens (tertiary/aromatic N) is 1. The number of hydrogen-bond donors (Lipinski definition) is 0. The normalized spacial score (nSPS) is 36.2. The fourth-order valence-electron chi connectivity index (χ4n) is 1.57. The van der Waals surface area contributed by atoms with Crippen LogP contribution in [0.4, 0.5) is 48.3 Å². The van der Waals surface area contributed by atoms with E-state index in [1.165, 1.54) is 0 Å². The topological polar surface area (TPSA) is 12.5 Å². The van der Waals surface area contributed by atoms with E-state index in [1.807, 2.05) is 0 Å². The quantitative estimate of drug-likeness (QED) is 0.545. The maximum absolute atomic E-state index is 13.2. The number of alkyl halides is 11. The fraction of sp³-hybridized carbons (Fsp3) is 1.00. The van der Waals surface area contributed by atoms with E-state index >= 15 is 0 Å². The Morgan fingerprint density at radius 2 is 0.947 bits per heavy atom. The summed E-state index contributed by atoms with van der Waals surface area (Å²) in [5.74, 6) is -25.2. The molecule has 1 saturated carbocycles. The van der Waals surface area contributed by atoms with Gasteiger partial charge in [0.25, 0.3) is 0 Å². The molecule has 0 amide bonds. The third kappa shape index (κ3) is 1.05. The molecule has 1 aliphatic heterocycles. The molecule has 0 atom stereocenters. The predicted octanol–water partition coefficient (Wildman–Crippen LogP) is 3.00. The minimum atomic E-state index is -6.36. The van der Waals surface area contributed by atoms with Gasteiger partial charge in [0.15, 0.2) is 0 Å². The van der Waals surface area contributed by atoms with E-state index < -0.39 is 40.8 Å². The van der Waals surface area contributed by atoms with Crippen molar-refractivity contribution in [1.29, 1.82) is 0 Å². The first-order valence-corrected chi connectivity index (χ1v) is 4.16. The average molecular weight is 311 g/mol. The summed E-state index contributed by atoms with van der Waals surface area (Å²) in [6.07, 6.45) is -5.57. The van der Waals surface area contributed by atoms with Crippen LogP contribution in [0.25, 0.3) is 0 Å². The molecule has 0 aromatic rings. The molecule has 2 nitrogen and oxygen atoms in total. The highest BCUT2D eigenvalue weighted by molar-refractivity contribution is 5.27. The fourth-order valence-corrected chi connectivity index (χ4v) is 1.57. The van der Waals surface area contributed by atoms with E-state index in [0.717, 1.165) is 0 Å². The summed E-state index contributed by atoms with van der Waals surface area (Å²) >= 11 is 0. The number of hydroxylamine groups is 2. The molecule has 13 heteroatoms. The Labute approximate surface area is 95.2 Å². The Balaban J connectivity index is 2.47. The van der Waals surface area contributed by atoms with Crippen LogP contribution in [0.5, 0.6) is 0 Å². The van der Waals surface area contributed by atoms with Crippen molar-refractivity contribution in [1.82, 2.24) is 5.06 Å². The molecule has 0 N–H and O–H groups in total. The van der Waals surface area contributed by atoms with Gasteiger partial charge in [0.05, 0.1) is 0 Å². The first-order valence-electron chi connectivity index (χ1n) is 4.16. The molecular weight excluding hydrogens is 311 g/mol. The van der Waals surface area contributed by atoms with Crippen LogP contribution in [0, 0.1) is 0 Å². The predicted molar refractivity (Wildman–Crippen MR) is 31.5 cm³/mol. The van der Waals surface area contributed by atoms with Crippen LogP contribution < -0.4 is 0 Å². The van der Waals surface area contributed by atoms with Crippen molar-refractivity contribution in [2.24, 2.45) is 0 Å². The first kappa shape index (κ1) is 14.6. The molecule has 1 aliphatic carbocycles. The third-order valence-corrected chi connectivity index (χ3v) is 2.71. The number of hydrogen-bond acceptors (Lipinski definition) is 2. The Hall–Kier alpha value is -0.850. The van der Waals surface area contributed by atoms with Crippen molar-refractivity contribution >= 4 is 0 Å². The summed E-state index contributed by atoms with van der Waals surface area (Å²) in [5.41, 5.74) is 0. The van der Waals surface area contributed by atoms with Gasteiger partial charge < -0.3 is 0 Å². The molecule has 112 valence electrons. The van der Waals surface area contributed by atoms with E-state index in [2.05, 4.69) is 4.84 Å². The van der Waals surface area contributed by atoms with Gasteiger partial charge in [0, 0.05) is 0 Å². The largest absolute Gasteiger partial charge is 0.453 e. The lowest BCUT2D eigenvalue weighted by atomic mass is 9.74. The van der Waals surface area contributed by atoms with Gasteiger partial charge in [-0.1, -0.05) is 5.06 Å². The molecule has 1 heterocycles. The average Bonchev–Trinajstić information content (AvgIpc) is 2.23. The minimum Gasteiger partial charge on any atom is -0.214 e. The SMILES string of the molecule is FC1(F)ON(C2(F)C(F)(F)C(F)(F)C2(F)F)C1(F)F. The molecule has 0 aromatic carbocycles. The van der Waals surface area contributed by atoms with Gasteiger partial charge in [-0.25, -0.2) is 9.23 Å². The van der Waals surface area contributed by atoms with Gasteiger partial charge >= 0.3 is 35.7 Å². The smallest absolute Gasteiger partial charge is 0.214 e. The van der Waals surface area contributed by atoms with Crippen molar-refractivity contribution in [3.05, 3.63) is 0 Å². The maximum Gasteiger partial charge on any atom is 0.453 e. The second-order valence-electron chi connectivity index (χ2n) is 3.79. The molecule has 0 aromatic heterocycles. The molecule has 2 aliphatic rings. The Kier molecular flexibility index (Phi) is 2.24. The van der Waals surface area contributed by atoms with Gasteiger partial charge in [-0.15, -0.1) is 0 Å². The molecular formula is C6F11NO. The van der Waals surface area contributed by atoms with E-state index in [9.17, 15) is 48.3 Å².